The molecular weight excluding hydrogens is 257 g/mol. The van der Waals surface area contributed by atoms with Crippen LogP contribution in [-0.4, -0.2) is 17.6 Å². The van der Waals surface area contributed by atoms with E-state index in [9.17, 15) is 14.3 Å². The molecule has 0 radical (unpaired) electrons. The van der Waals surface area contributed by atoms with Gasteiger partial charge in [-0.2, -0.15) is 0 Å². The third-order valence-corrected chi connectivity index (χ3v) is 3.06. The minimum absolute atomic E-state index is 0.0285. The van der Waals surface area contributed by atoms with Gasteiger partial charge in [0.15, 0.2) is 0 Å². The van der Waals surface area contributed by atoms with Crippen molar-refractivity contribution in [3.63, 3.8) is 0 Å². The zero-order valence-electron chi connectivity index (χ0n) is 11.4. The molecule has 4 heteroatoms. The second-order valence-corrected chi connectivity index (χ2v) is 4.55. The highest BCUT2D eigenvalue weighted by Crippen LogP contribution is 2.22. The third kappa shape index (κ3) is 2.79. The molecule has 0 aliphatic carbocycles. The van der Waals surface area contributed by atoms with Gasteiger partial charge in [0.05, 0.1) is 5.56 Å². The van der Waals surface area contributed by atoms with Gasteiger partial charge in [-0.3, -0.25) is 4.79 Å². The van der Waals surface area contributed by atoms with Crippen LogP contribution in [0.25, 0.3) is 0 Å². The molecule has 0 saturated heterocycles. The number of rotatable bonds is 3. The molecule has 0 fully saturated rings. The fourth-order valence-corrected chi connectivity index (χ4v) is 2.04. The smallest absolute Gasteiger partial charge is 0.261 e. The van der Waals surface area contributed by atoms with Gasteiger partial charge in [-0.05, 0) is 43.7 Å². The number of amides is 1. The number of anilines is 1. The molecule has 0 bridgehead atoms. The van der Waals surface area contributed by atoms with Gasteiger partial charge in [0.2, 0.25) is 0 Å². The molecule has 20 heavy (non-hydrogen) atoms. The predicted molar refractivity (Wildman–Crippen MR) is 76.6 cm³/mol. The first kappa shape index (κ1) is 14.1. The number of aromatic hydroxyl groups is 1. The first-order chi connectivity index (χ1) is 9.52. The SMILES string of the molecule is CCN(C(=O)c1ccc(C)cc1F)c1cccc(O)c1. The van der Waals surface area contributed by atoms with E-state index in [1.165, 1.54) is 29.2 Å². The van der Waals surface area contributed by atoms with Crippen molar-refractivity contribution in [1.29, 1.82) is 0 Å². The summed E-state index contributed by atoms with van der Waals surface area (Å²) in [4.78, 5) is 13.8. The fourth-order valence-electron chi connectivity index (χ4n) is 2.04. The Labute approximate surface area is 117 Å². The second kappa shape index (κ2) is 5.74. The van der Waals surface area contributed by atoms with Crippen LogP contribution >= 0.6 is 0 Å². The molecule has 0 atom stereocenters. The van der Waals surface area contributed by atoms with Gasteiger partial charge in [-0.25, -0.2) is 4.39 Å². The summed E-state index contributed by atoms with van der Waals surface area (Å²) >= 11 is 0. The molecule has 0 aliphatic rings. The summed E-state index contributed by atoms with van der Waals surface area (Å²) in [5, 5.41) is 9.49. The van der Waals surface area contributed by atoms with Crippen LogP contribution < -0.4 is 4.90 Å². The Bertz CT molecular complexity index is 640. The monoisotopic (exact) mass is 273 g/mol. The van der Waals surface area contributed by atoms with Crippen molar-refractivity contribution in [2.45, 2.75) is 13.8 Å². The summed E-state index contributed by atoms with van der Waals surface area (Å²) in [5.74, 6) is -0.887. The number of halogens is 1. The van der Waals surface area contributed by atoms with E-state index < -0.39 is 11.7 Å². The Hall–Kier alpha value is -2.36. The van der Waals surface area contributed by atoms with Crippen molar-refractivity contribution in [2.24, 2.45) is 0 Å². The fraction of sp³-hybridized carbons (Fsp3) is 0.188. The summed E-state index contributed by atoms with van der Waals surface area (Å²) in [6, 6.07) is 10.9. The quantitative estimate of drug-likeness (QED) is 0.929. The summed E-state index contributed by atoms with van der Waals surface area (Å²) in [6.07, 6.45) is 0. The van der Waals surface area contributed by atoms with E-state index in [1.54, 1.807) is 32.0 Å². The maximum atomic E-state index is 13.9. The van der Waals surface area contributed by atoms with Gasteiger partial charge in [-0.15, -0.1) is 0 Å². The number of nitrogens with zero attached hydrogens (tertiary/aromatic N) is 1. The molecule has 1 N–H and O–H groups in total. The molecule has 0 saturated carbocycles. The molecule has 0 aromatic heterocycles. The van der Waals surface area contributed by atoms with E-state index in [0.29, 0.717) is 12.2 Å². The molecule has 0 aliphatic heterocycles. The Balaban J connectivity index is 2.39. The lowest BCUT2D eigenvalue weighted by atomic mass is 10.1. The van der Waals surface area contributed by atoms with E-state index in [0.717, 1.165) is 5.56 Å². The molecule has 2 aromatic rings. The summed E-state index contributed by atoms with van der Waals surface area (Å²) in [5.41, 5.74) is 1.33. The molecule has 0 heterocycles. The van der Waals surface area contributed by atoms with Crippen LogP contribution in [0.3, 0.4) is 0 Å². The van der Waals surface area contributed by atoms with Crippen molar-refractivity contribution in [1.82, 2.24) is 0 Å². The standard InChI is InChI=1S/C16H16FNO2/c1-3-18(12-5-4-6-13(19)10-12)16(20)14-8-7-11(2)9-15(14)17/h4-10,19H,3H2,1-2H3. The zero-order chi connectivity index (χ0) is 14.7. The van der Waals surface area contributed by atoms with Crippen LogP contribution in [0, 0.1) is 12.7 Å². The molecule has 0 spiro atoms. The van der Waals surface area contributed by atoms with Crippen molar-refractivity contribution >= 4 is 11.6 Å². The number of phenolic OH excluding ortho intramolecular Hbond substituents is 1. The number of aryl methyl sites for hydroxylation is 1. The third-order valence-electron chi connectivity index (χ3n) is 3.06. The minimum Gasteiger partial charge on any atom is -0.508 e. The van der Waals surface area contributed by atoms with Crippen LogP contribution in [0.2, 0.25) is 0 Å². The average molecular weight is 273 g/mol. The first-order valence-corrected chi connectivity index (χ1v) is 6.40. The van der Waals surface area contributed by atoms with Crippen molar-refractivity contribution in [3.05, 3.63) is 59.4 Å². The summed E-state index contributed by atoms with van der Waals surface area (Å²) < 4.78 is 13.9. The Morgan fingerprint density at radius 2 is 2.00 bits per heavy atom. The maximum absolute atomic E-state index is 13.9. The number of hydrogen-bond acceptors (Lipinski definition) is 2. The van der Waals surface area contributed by atoms with E-state index >= 15 is 0 Å². The first-order valence-electron chi connectivity index (χ1n) is 6.40. The molecular formula is C16H16FNO2. The van der Waals surface area contributed by atoms with Crippen LogP contribution in [0.5, 0.6) is 5.75 Å². The zero-order valence-corrected chi connectivity index (χ0v) is 11.4. The Morgan fingerprint density at radius 1 is 1.25 bits per heavy atom. The lowest BCUT2D eigenvalue weighted by Gasteiger charge is -2.21. The molecule has 2 rings (SSSR count). The van der Waals surface area contributed by atoms with Crippen LogP contribution in [-0.2, 0) is 0 Å². The number of hydrogen-bond donors (Lipinski definition) is 1. The van der Waals surface area contributed by atoms with Crippen LogP contribution in [0.15, 0.2) is 42.5 Å². The van der Waals surface area contributed by atoms with Gasteiger partial charge in [0.1, 0.15) is 11.6 Å². The van der Waals surface area contributed by atoms with Crippen molar-refractivity contribution < 1.29 is 14.3 Å². The lowest BCUT2D eigenvalue weighted by Crippen LogP contribution is -2.31. The van der Waals surface area contributed by atoms with E-state index in [1.807, 2.05) is 0 Å². The predicted octanol–water partition coefficient (Wildman–Crippen LogP) is 3.51. The topological polar surface area (TPSA) is 40.5 Å². The lowest BCUT2D eigenvalue weighted by molar-refractivity contribution is 0.0984. The van der Waals surface area contributed by atoms with Gasteiger partial charge < -0.3 is 10.0 Å². The highest BCUT2D eigenvalue weighted by atomic mass is 19.1. The number of carbonyl (C=O) groups excluding carboxylic acids is 1. The van der Waals surface area contributed by atoms with Crippen molar-refractivity contribution in [2.75, 3.05) is 11.4 Å². The van der Waals surface area contributed by atoms with Crippen LogP contribution in [0.4, 0.5) is 10.1 Å². The normalized spacial score (nSPS) is 10.3. The van der Waals surface area contributed by atoms with E-state index in [4.69, 9.17) is 0 Å². The Kier molecular flexibility index (Phi) is 4.03. The molecule has 2 aromatic carbocycles. The van der Waals surface area contributed by atoms with Crippen LogP contribution in [0.1, 0.15) is 22.8 Å². The van der Waals surface area contributed by atoms with Gasteiger partial charge in [-0.1, -0.05) is 12.1 Å². The largest absolute Gasteiger partial charge is 0.508 e. The highest BCUT2D eigenvalue weighted by molar-refractivity contribution is 6.06. The molecule has 0 unspecified atom stereocenters. The van der Waals surface area contributed by atoms with Gasteiger partial charge >= 0.3 is 0 Å². The van der Waals surface area contributed by atoms with Gasteiger partial charge in [0, 0.05) is 18.3 Å². The number of phenols is 1. The molecule has 1 amide bonds. The van der Waals surface area contributed by atoms with E-state index in [2.05, 4.69) is 0 Å². The van der Waals surface area contributed by atoms with Gasteiger partial charge in [0.25, 0.3) is 5.91 Å². The highest BCUT2D eigenvalue weighted by Gasteiger charge is 2.19. The van der Waals surface area contributed by atoms with E-state index in [-0.39, 0.29) is 11.3 Å². The molecule has 104 valence electrons. The average Bonchev–Trinajstić information content (AvgIpc) is 2.39. The summed E-state index contributed by atoms with van der Waals surface area (Å²) in [6.45, 7) is 3.95. The summed E-state index contributed by atoms with van der Waals surface area (Å²) in [7, 11) is 0. The Morgan fingerprint density at radius 3 is 2.60 bits per heavy atom. The number of carbonyl (C=O) groups is 1. The second-order valence-electron chi connectivity index (χ2n) is 4.55. The minimum atomic E-state index is -0.534. The number of benzene rings is 2. The maximum Gasteiger partial charge on any atom is 0.261 e. The molecule has 3 nitrogen and oxygen atoms in total. The van der Waals surface area contributed by atoms with Crippen molar-refractivity contribution in [3.8, 4) is 5.75 Å².